The summed E-state index contributed by atoms with van der Waals surface area (Å²) >= 11 is 1.69. The van der Waals surface area contributed by atoms with Gasteiger partial charge in [0.05, 0.1) is 20.9 Å². The minimum Gasteiger partial charge on any atom is -0.384 e. The highest BCUT2D eigenvalue weighted by molar-refractivity contribution is 7.18. The first-order valence-electron chi connectivity index (χ1n) is 5.22. The lowest BCUT2D eigenvalue weighted by Gasteiger charge is -1.97. The summed E-state index contributed by atoms with van der Waals surface area (Å²) in [5.74, 6) is 0.496. The van der Waals surface area contributed by atoms with Gasteiger partial charge in [-0.1, -0.05) is 12.1 Å². The molecule has 0 bridgehead atoms. The van der Waals surface area contributed by atoms with Crippen LogP contribution in [0.1, 0.15) is 10.7 Å². The molecule has 0 aliphatic heterocycles. The maximum absolute atomic E-state index is 5.62. The van der Waals surface area contributed by atoms with E-state index < -0.39 is 0 Å². The zero-order valence-corrected chi connectivity index (χ0v) is 9.81. The number of rotatable bonds is 2. The monoisotopic (exact) mass is 242 g/mol. The van der Waals surface area contributed by atoms with Crippen molar-refractivity contribution in [2.75, 3.05) is 5.73 Å². The zero-order chi connectivity index (χ0) is 11.7. The molecule has 3 rings (SSSR count). The summed E-state index contributed by atoms with van der Waals surface area (Å²) < 4.78 is 1.20. The Bertz CT molecular complexity index is 629. The number of nitrogens with two attached hydrogens (primary N) is 1. The van der Waals surface area contributed by atoms with Crippen LogP contribution in [0.25, 0.3) is 10.2 Å². The first-order valence-corrected chi connectivity index (χ1v) is 6.04. The van der Waals surface area contributed by atoms with E-state index >= 15 is 0 Å². The topological polar surface area (TPSA) is 64.7 Å². The summed E-state index contributed by atoms with van der Waals surface area (Å²) in [6.45, 7) is 0. The fourth-order valence-corrected chi connectivity index (χ4v) is 2.64. The Labute approximate surface area is 102 Å². The van der Waals surface area contributed by atoms with E-state index in [-0.39, 0.29) is 0 Å². The number of aromatic nitrogens is 3. The molecule has 0 aliphatic carbocycles. The molecule has 84 valence electrons. The first kappa shape index (κ1) is 10.2. The van der Waals surface area contributed by atoms with Crippen LogP contribution < -0.4 is 5.73 Å². The highest BCUT2D eigenvalue weighted by Crippen LogP contribution is 2.23. The third-order valence-corrected chi connectivity index (χ3v) is 3.45. The second kappa shape index (κ2) is 4.10. The fourth-order valence-electron chi connectivity index (χ4n) is 1.66. The molecule has 0 saturated carbocycles. The minimum absolute atomic E-state index is 0.496. The Morgan fingerprint density at radius 2 is 2.06 bits per heavy atom. The summed E-state index contributed by atoms with van der Waals surface area (Å²) in [5, 5.41) is 1.05. The third-order valence-electron chi connectivity index (χ3n) is 2.42. The lowest BCUT2D eigenvalue weighted by atomic mass is 10.3. The average Bonchev–Trinajstić information content (AvgIpc) is 2.71. The van der Waals surface area contributed by atoms with Crippen LogP contribution in [0.4, 0.5) is 5.82 Å². The molecule has 0 saturated heterocycles. The van der Waals surface area contributed by atoms with Crippen molar-refractivity contribution in [3.63, 3.8) is 0 Å². The molecule has 0 unspecified atom stereocenters. The van der Waals surface area contributed by atoms with Crippen LogP contribution in [0.5, 0.6) is 0 Å². The van der Waals surface area contributed by atoms with E-state index in [1.807, 2.05) is 18.2 Å². The predicted octanol–water partition coefficient (Wildman–Crippen LogP) is 2.26. The molecule has 0 aliphatic rings. The largest absolute Gasteiger partial charge is 0.384 e. The molecule has 0 amide bonds. The number of anilines is 1. The normalized spacial score (nSPS) is 10.8. The first-order chi connectivity index (χ1) is 8.31. The van der Waals surface area contributed by atoms with Crippen molar-refractivity contribution in [2.24, 2.45) is 0 Å². The van der Waals surface area contributed by atoms with Crippen molar-refractivity contribution in [3.05, 3.63) is 47.4 Å². The summed E-state index contributed by atoms with van der Waals surface area (Å²) in [6, 6.07) is 9.89. The molecular weight excluding hydrogens is 232 g/mol. The van der Waals surface area contributed by atoms with E-state index in [1.165, 1.54) is 11.0 Å². The van der Waals surface area contributed by atoms with E-state index in [9.17, 15) is 0 Å². The molecule has 17 heavy (non-hydrogen) atoms. The number of nitrogens with zero attached hydrogens (tertiary/aromatic N) is 3. The number of benzene rings is 1. The third kappa shape index (κ3) is 2.09. The van der Waals surface area contributed by atoms with Gasteiger partial charge in [-0.05, 0) is 12.1 Å². The maximum atomic E-state index is 5.62. The SMILES string of the molecule is Nc1cc(Cc2nc3ccccc3s2)ncn1. The van der Waals surface area contributed by atoms with Crippen LogP contribution in [0.2, 0.25) is 0 Å². The van der Waals surface area contributed by atoms with Crippen molar-refractivity contribution in [1.82, 2.24) is 15.0 Å². The Morgan fingerprint density at radius 1 is 1.18 bits per heavy atom. The van der Waals surface area contributed by atoms with Crippen molar-refractivity contribution < 1.29 is 0 Å². The molecule has 4 nitrogen and oxygen atoms in total. The molecule has 0 fully saturated rings. The van der Waals surface area contributed by atoms with Crippen LogP contribution in [-0.2, 0) is 6.42 Å². The van der Waals surface area contributed by atoms with Gasteiger partial charge in [0, 0.05) is 12.5 Å². The lowest BCUT2D eigenvalue weighted by molar-refractivity contribution is 1.02. The number of hydrogen-bond acceptors (Lipinski definition) is 5. The van der Waals surface area contributed by atoms with Crippen molar-refractivity contribution in [3.8, 4) is 0 Å². The number of hydrogen-bond donors (Lipinski definition) is 1. The quantitative estimate of drug-likeness (QED) is 0.748. The van der Waals surface area contributed by atoms with Crippen LogP contribution in [0.15, 0.2) is 36.7 Å². The van der Waals surface area contributed by atoms with Gasteiger partial charge in [-0.15, -0.1) is 11.3 Å². The minimum atomic E-state index is 0.496. The summed E-state index contributed by atoms with van der Waals surface area (Å²) in [4.78, 5) is 12.6. The fraction of sp³-hybridized carbons (Fsp3) is 0.0833. The smallest absolute Gasteiger partial charge is 0.127 e. The molecule has 0 spiro atoms. The summed E-state index contributed by atoms with van der Waals surface area (Å²) in [5.41, 5.74) is 7.56. The molecule has 5 heteroatoms. The van der Waals surface area contributed by atoms with Crippen LogP contribution in [0, 0.1) is 0 Å². The molecule has 1 aromatic carbocycles. The average molecular weight is 242 g/mol. The molecule has 2 N–H and O–H groups in total. The van der Waals surface area contributed by atoms with Gasteiger partial charge in [0.15, 0.2) is 0 Å². The van der Waals surface area contributed by atoms with Gasteiger partial charge < -0.3 is 5.73 Å². The highest BCUT2D eigenvalue weighted by atomic mass is 32.1. The standard InChI is InChI=1S/C12H10N4S/c13-11-5-8(14-7-15-11)6-12-16-9-3-1-2-4-10(9)17-12/h1-5,7H,6H2,(H2,13,14,15). The molecule has 3 aromatic rings. The Hall–Kier alpha value is -2.01. The number of para-hydroxylation sites is 1. The zero-order valence-electron chi connectivity index (χ0n) is 9.00. The highest BCUT2D eigenvalue weighted by Gasteiger charge is 2.05. The molecule has 0 atom stereocenters. The number of thiazole rings is 1. The molecule has 0 radical (unpaired) electrons. The lowest BCUT2D eigenvalue weighted by Crippen LogP contribution is -1.96. The Kier molecular flexibility index (Phi) is 2.45. The second-order valence-corrected chi connectivity index (χ2v) is 4.80. The second-order valence-electron chi connectivity index (χ2n) is 3.69. The van der Waals surface area contributed by atoms with Gasteiger partial charge in [-0.25, -0.2) is 15.0 Å². The van der Waals surface area contributed by atoms with Gasteiger partial charge in [-0.2, -0.15) is 0 Å². The van der Waals surface area contributed by atoms with Gasteiger partial charge in [0.2, 0.25) is 0 Å². The number of fused-ring (bicyclic) bond motifs is 1. The predicted molar refractivity (Wildman–Crippen MR) is 68.9 cm³/mol. The van der Waals surface area contributed by atoms with E-state index in [0.29, 0.717) is 12.2 Å². The van der Waals surface area contributed by atoms with E-state index in [2.05, 4.69) is 21.0 Å². The van der Waals surface area contributed by atoms with Crippen LogP contribution in [-0.4, -0.2) is 15.0 Å². The number of nitrogen functional groups attached to an aromatic ring is 1. The van der Waals surface area contributed by atoms with E-state index in [4.69, 9.17) is 5.73 Å². The van der Waals surface area contributed by atoms with E-state index in [0.717, 1.165) is 16.2 Å². The van der Waals surface area contributed by atoms with Crippen molar-refractivity contribution >= 4 is 27.4 Å². The molecule has 2 heterocycles. The molecule has 2 aromatic heterocycles. The van der Waals surface area contributed by atoms with Gasteiger partial charge in [0.25, 0.3) is 0 Å². The van der Waals surface area contributed by atoms with E-state index in [1.54, 1.807) is 17.4 Å². The Balaban J connectivity index is 1.94. The molecular formula is C12H10N4S. The van der Waals surface area contributed by atoms with Gasteiger partial charge in [0.1, 0.15) is 12.1 Å². The Morgan fingerprint density at radius 3 is 2.88 bits per heavy atom. The van der Waals surface area contributed by atoms with Crippen molar-refractivity contribution in [1.29, 1.82) is 0 Å². The summed E-state index contributed by atoms with van der Waals surface area (Å²) in [7, 11) is 0. The van der Waals surface area contributed by atoms with Crippen molar-refractivity contribution in [2.45, 2.75) is 6.42 Å². The maximum Gasteiger partial charge on any atom is 0.127 e. The summed E-state index contributed by atoms with van der Waals surface area (Å²) in [6.07, 6.45) is 2.18. The van der Waals surface area contributed by atoms with Gasteiger partial charge >= 0.3 is 0 Å². The van der Waals surface area contributed by atoms with Crippen LogP contribution in [0.3, 0.4) is 0 Å². The van der Waals surface area contributed by atoms with Gasteiger partial charge in [-0.3, -0.25) is 0 Å². The van der Waals surface area contributed by atoms with Crippen LogP contribution >= 0.6 is 11.3 Å².